The molecule has 0 bridgehead atoms. The largest absolute Gasteiger partial charge is 0.416 e. The summed E-state index contributed by atoms with van der Waals surface area (Å²) >= 11 is 0. The first-order chi connectivity index (χ1) is 9.82. The quantitative estimate of drug-likeness (QED) is 0.658. The van der Waals surface area contributed by atoms with Gasteiger partial charge in [0.2, 0.25) is 0 Å². The second kappa shape index (κ2) is 6.31. The Morgan fingerprint density at radius 3 is 2.33 bits per heavy atom. The van der Waals surface area contributed by atoms with E-state index in [4.69, 9.17) is 5.21 Å². The number of nitrogens with two attached hydrogens (primary N) is 1. The van der Waals surface area contributed by atoms with E-state index in [9.17, 15) is 13.2 Å². The zero-order chi connectivity index (χ0) is 15.6. The van der Waals surface area contributed by atoms with Gasteiger partial charge in [-0.2, -0.15) is 18.7 Å². The van der Waals surface area contributed by atoms with E-state index in [-0.39, 0.29) is 17.3 Å². The van der Waals surface area contributed by atoms with Crippen LogP contribution in [-0.4, -0.2) is 48.2 Å². The standard InChI is InChI=1S/C14H20F3N3O/c1-10(20-7-5-19(2)6-8-20)12-4-3-11(18-21)9-13(12)14(15,16)17/h3-4,9-10,18,21H,5-8H2,1-2H3/p+1. The predicted octanol–water partition coefficient (Wildman–Crippen LogP) is 1.60. The third-order valence-electron chi connectivity index (χ3n) is 4.07. The Morgan fingerprint density at radius 2 is 1.81 bits per heavy atom. The summed E-state index contributed by atoms with van der Waals surface area (Å²) in [5.41, 5.74) is 0.450. The highest BCUT2D eigenvalue weighted by molar-refractivity contribution is 5.42. The first-order valence-corrected chi connectivity index (χ1v) is 6.94. The Hall–Kier alpha value is -1.15. The molecule has 1 atom stereocenters. The highest BCUT2D eigenvalue weighted by Crippen LogP contribution is 2.37. The molecule has 4 nitrogen and oxygen atoms in total. The average molecular weight is 304 g/mol. The lowest BCUT2D eigenvalue weighted by molar-refractivity contribution is -0.825. The van der Waals surface area contributed by atoms with Gasteiger partial charge in [-0.05, 0) is 19.5 Å². The number of nitrogens with zero attached hydrogens (tertiary/aromatic N) is 2. The molecule has 0 aliphatic carbocycles. The van der Waals surface area contributed by atoms with Gasteiger partial charge < -0.3 is 4.90 Å². The number of hydrogen-bond acceptors (Lipinski definition) is 3. The van der Waals surface area contributed by atoms with Gasteiger partial charge in [-0.3, -0.25) is 4.90 Å². The highest BCUT2D eigenvalue weighted by Gasteiger charge is 2.36. The minimum Gasteiger partial charge on any atom is -0.304 e. The second-order valence-corrected chi connectivity index (χ2v) is 5.49. The molecule has 0 saturated carbocycles. The van der Waals surface area contributed by atoms with Crippen molar-refractivity contribution < 1.29 is 23.9 Å². The fraction of sp³-hybridized carbons (Fsp3) is 0.571. The SMILES string of the molecule is CC(c1ccc([NH2+]O)cc1C(F)(F)F)N1CCN(C)CC1. The summed E-state index contributed by atoms with van der Waals surface area (Å²) < 4.78 is 39.7. The van der Waals surface area contributed by atoms with Crippen LogP contribution < -0.4 is 5.48 Å². The molecule has 1 heterocycles. The first-order valence-electron chi connectivity index (χ1n) is 6.94. The molecule has 0 spiro atoms. The fourth-order valence-electron chi connectivity index (χ4n) is 2.67. The maximum absolute atomic E-state index is 13.2. The van der Waals surface area contributed by atoms with Gasteiger partial charge in [0.15, 0.2) is 5.69 Å². The molecule has 0 amide bonds. The van der Waals surface area contributed by atoms with Crippen LogP contribution in [-0.2, 0) is 6.18 Å². The molecule has 118 valence electrons. The van der Waals surface area contributed by atoms with E-state index in [1.54, 1.807) is 6.92 Å². The lowest BCUT2D eigenvalue weighted by atomic mass is 9.98. The monoisotopic (exact) mass is 304 g/mol. The molecular formula is C14H21F3N3O+. The van der Waals surface area contributed by atoms with Crippen molar-refractivity contribution in [1.82, 2.24) is 9.80 Å². The number of benzene rings is 1. The van der Waals surface area contributed by atoms with Gasteiger partial charge in [0.1, 0.15) is 0 Å². The van der Waals surface area contributed by atoms with Gasteiger partial charge in [0, 0.05) is 44.4 Å². The van der Waals surface area contributed by atoms with Crippen LogP contribution in [0.2, 0.25) is 0 Å². The van der Waals surface area contributed by atoms with Crippen LogP contribution in [0.5, 0.6) is 0 Å². The molecule has 2 rings (SSSR count). The lowest BCUT2D eigenvalue weighted by Crippen LogP contribution is -2.73. The van der Waals surface area contributed by atoms with Crippen molar-refractivity contribution in [3.05, 3.63) is 29.3 Å². The molecule has 7 heteroatoms. The van der Waals surface area contributed by atoms with Crippen LogP contribution in [0.3, 0.4) is 0 Å². The summed E-state index contributed by atoms with van der Waals surface area (Å²) in [6, 6.07) is 3.68. The Kier molecular flexibility index (Phi) is 4.88. The Labute approximate surface area is 122 Å². The van der Waals surface area contributed by atoms with E-state index in [1.807, 2.05) is 7.05 Å². The van der Waals surface area contributed by atoms with Crippen LogP contribution in [0.1, 0.15) is 24.1 Å². The molecule has 1 aliphatic rings. The third-order valence-corrected chi connectivity index (χ3v) is 4.07. The molecule has 3 N–H and O–H groups in total. The normalized spacial score (nSPS) is 19.7. The summed E-state index contributed by atoms with van der Waals surface area (Å²) in [6.07, 6.45) is -4.42. The van der Waals surface area contributed by atoms with Gasteiger partial charge in [-0.15, -0.1) is 0 Å². The molecule has 1 aromatic rings. The number of alkyl halides is 3. The van der Waals surface area contributed by atoms with Gasteiger partial charge >= 0.3 is 6.18 Å². The van der Waals surface area contributed by atoms with Crippen molar-refractivity contribution >= 4 is 5.69 Å². The van der Waals surface area contributed by atoms with Crippen LogP contribution in [0.25, 0.3) is 0 Å². The van der Waals surface area contributed by atoms with Crippen molar-refractivity contribution in [3.63, 3.8) is 0 Å². The molecule has 21 heavy (non-hydrogen) atoms. The van der Waals surface area contributed by atoms with E-state index in [1.165, 1.54) is 12.1 Å². The van der Waals surface area contributed by atoms with Crippen molar-refractivity contribution in [2.45, 2.75) is 19.1 Å². The molecule has 1 aromatic carbocycles. The average Bonchev–Trinajstić information content (AvgIpc) is 2.46. The first kappa shape index (κ1) is 16.2. The van der Waals surface area contributed by atoms with Crippen molar-refractivity contribution in [3.8, 4) is 0 Å². The van der Waals surface area contributed by atoms with Gasteiger partial charge in [-0.1, -0.05) is 6.07 Å². The molecule has 0 aromatic heterocycles. The Morgan fingerprint density at radius 1 is 1.19 bits per heavy atom. The summed E-state index contributed by atoms with van der Waals surface area (Å²) in [5.74, 6) is 0. The molecule has 1 fully saturated rings. The minimum atomic E-state index is -4.42. The topological polar surface area (TPSA) is 43.3 Å². The number of likely N-dealkylation sites (N-methyl/N-ethyl adjacent to an activating group) is 1. The zero-order valence-corrected chi connectivity index (χ0v) is 12.2. The summed E-state index contributed by atoms with van der Waals surface area (Å²) in [7, 11) is 2.01. The van der Waals surface area contributed by atoms with E-state index in [2.05, 4.69) is 9.80 Å². The van der Waals surface area contributed by atoms with Crippen LogP contribution in [0.15, 0.2) is 18.2 Å². The van der Waals surface area contributed by atoms with Crippen LogP contribution >= 0.6 is 0 Å². The maximum atomic E-state index is 13.2. The van der Waals surface area contributed by atoms with Gasteiger partial charge in [0.05, 0.1) is 5.56 Å². The number of quaternary nitrogens is 1. The molecule has 0 radical (unpaired) electrons. The van der Waals surface area contributed by atoms with Gasteiger partial charge in [-0.25, -0.2) is 5.21 Å². The Bertz CT molecular complexity index is 485. The number of piperazine rings is 1. The van der Waals surface area contributed by atoms with E-state index < -0.39 is 11.7 Å². The number of halogens is 3. The zero-order valence-electron chi connectivity index (χ0n) is 12.2. The van der Waals surface area contributed by atoms with Crippen molar-refractivity contribution in [2.75, 3.05) is 33.2 Å². The Balaban J connectivity index is 2.29. The van der Waals surface area contributed by atoms with Crippen molar-refractivity contribution in [1.29, 1.82) is 0 Å². The second-order valence-electron chi connectivity index (χ2n) is 5.49. The van der Waals surface area contributed by atoms with E-state index in [0.29, 0.717) is 5.48 Å². The summed E-state index contributed by atoms with van der Waals surface area (Å²) in [5, 5.41) is 8.93. The number of hydrogen-bond donors (Lipinski definition) is 2. The van der Waals surface area contributed by atoms with Gasteiger partial charge in [0.25, 0.3) is 0 Å². The fourth-order valence-corrected chi connectivity index (χ4v) is 2.67. The summed E-state index contributed by atoms with van der Waals surface area (Å²) in [6.45, 7) is 5.02. The number of rotatable bonds is 3. The van der Waals surface area contributed by atoms with Crippen molar-refractivity contribution in [2.24, 2.45) is 0 Å². The van der Waals surface area contributed by atoms with Crippen LogP contribution in [0, 0.1) is 0 Å². The molecule has 1 unspecified atom stereocenters. The minimum absolute atomic E-state index is 0.164. The molecular weight excluding hydrogens is 283 g/mol. The summed E-state index contributed by atoms with van der Waals surface area (Å²) in [4.78, 5) is 4.23. The van der Waals surface area contributed by atoms with E-state index >= 15 is 0 Å². The highest BCUT2D eigenvalue weighted by atomic mass is 19.4. The molecule has 1 aliphatic heterocycles. The maximum Gasteiger partial charge on any atom is 0.416 e. The molecule has 1 saturated heterocycles. The van der Waals surface area contributed by atoms with Crippen LogP contribution in [0.4, 0.5) is 18.9 Å². The smallest absolute Gasteiger partial charge is 0.304 e. The lowest BCUT2D eigenvalue weighted by Gasteiger charge is -2.37. The predicted molar refractivity (Wildman–Crippen MR) is 72.3 cm³/mol. The van der Waals surface area contributed by atoms with E-state index in [0.717, 1.165) is 32.2 Å². The third kappa shape index (κ3) is 3.74.